The molecule has 0 bridgehead atoms. The molecule has 8 nitrogen and oxygen atoms in total. The second kappa shape index (κ2) is 10.5. The Labute approximate surface area is 228 Å². The molecule has 4 heterocycles. The van der Waals surface area contributed by atoms with E-state index in [4.69, 9.17) is 0 Å². The lowest BCUT2D eigenvalue weighted by Gasteiger charge is -2.20. The number of rotatable bonds is 8. The monoisotopic (exact) mass is 550 g/mol. The number of nitrogens with one attached hydrogen (secondary N) is 3. The van der Waals surface area contributed by atoms with Crippen molar-refractivity contribution in [3.8, 4) is 11.4 Å². The second-order valence-electron chi connectivity index (χ2n) is 10.6. The number of carbonyl (C=O) groups excluding carboxylic acids is 1. The maximum atomic E-state index is 14.2. The molecule has 2 aromatic carbocycles. The molecule has 1 atom stereocenters. The molecule has 1 amide bonds. The van der Waals surface area contributed by atoms with Gasteiger partial charge in [-0.3, -0.25) is 9.59 Å². The van der Waals surface area contributed by atoms with Gasteiger partial charge in [0.2, 0.25) is 0 Å². The summed E-state index contributed by atoms with van der Waals surface area (Å²) in [5.74, 6) is -2.93. The van der Waals surface area contributed by atoms with Gasteiger partial charge < -0.3 is 25.1 Å². The number of anilines is 1. The third kappa shape index (κ3) is 4.97. The highest BCUT2D eigenvalue weighted by atomic mass is 19.2. The minimum Gasteiger partial charge on any atom is -0.381 e. The van der Waals surface area contributed by atoms with Crippen LogP contribution in [0.15, 0.2) is 41.3 Å². The fraction of sp³-hybridized carbons (Fsp3) is 0.345. The lowest BCUT2D eigenvalue weighted by molar-refractivity contribution is 0.0763. The molecule has 11 heteroatoms. The van der Waals surface area contributed by atoms with Crippen molar-refractivity contribution >= 4 is 22.6 Å². The topological polar surface area (TPSA) is 97.1 Å². The van der Waals surface area contributed by atoms with E-state index in [0.29, 0.717) is 47.3 Å². The highest BCUT2D eigenvalue weighted by Gasteiger charge is 2.29. The average Bonchev–Trinajstić information content (AvgIpc) is 3.64. The van der Waals surface area contributed by atoms with Gasteiger partial charge >= 0.3 is 0 Å². The second-order valence-corrected chi connectivity index (χ2v) is 10.6. The van der Waals surface area contributed by atoms with Gasteiger partial charge in [0.25, 0.3) is 11.5 Å². The first-order valence-corrected chi connectivity index (χ1v) is 13.4. The van der Waals surface area contributed by atoms with Gasteiger partial charge in [-0.25, -0.2) is 18.2 Å². The number of fused-ring (bicyclic) bond motifs is 2. The molecule has 208 valence electrons. The molecule has 0 spiro atoms. The molecule has 0 aliphatic carbocycles. The number of nitrogens with zero attached hydrogens (tertiary/aromatic N) is 3. The summed E-state index contributed by atoms with van der Waals surface area (Å²) in [5, 5.41) is 3.15. The van der Waals surface area contributed by atoms with Crippen LogP contribution >= 0.6 is 0 Å². The van der Waals surface area contributed by atoms with E-state index in [1.54, 1.807) is 19.1 Å². The number of aromatic nitrogens is 3. The molecule has 2 aromatic heterocycles. The molecule has 2 aliphatic heterocycles. The Balaban J connectivity index is 1.24. The number of imidazole rings is 1. The van der Waals surface area contributed by atoms with Gasteiger partial charge in [0.1, 0.15) is 17.2 Å². The number of halogens is 3. The summed E-state index contributed by atoms with van der Waals surface area (Å²) >= 11 is 0. The zero-order valence-corrected chi connectivity index (χ0v) is 22.0. The molecular formula is C29H29F3N6O2. The minimum absolute atomic E-state index is 0.0179. The van der Waals surface area contributed by atoms with E-state index >= 15 is 0 Å². The van der Waals surface area contributed by atoms with Crippen molar-refractivity contribution in [3.05, 3.63) is 81.0 Å². The van der Waals surface area contributed by atoms with Crippen LogP contribution in [0.1, 0.15) is 41.3 Å². The minimum atomic E-state index is -1.25. The normalized spacial score (nSPS) is 16.2. The zero-order valence-electron chi connectivity index (χ0n) is 22.0. The highest BCUT2D eigenvalue weighted by Crippen LogP contribution is 2.30. The Hall–Kier alpha value is -4.12. The molecule has 4 aromatic rings. The number of H-pyrrole nitrogens is 2. The number of pyridine rings is 1. The molecule has 1 fully saturated rings. The summed E-state index contributed by atoms with van der Waals surface area (Å²) < 4.78 is 41.5. The van der Waals surface area contributed by atoms with Crippen LogP contribution in [0.4, 0.5) is 18.9 Å². The van der Waals surface area contributed by atoms with Crippen LogP contribution in [0.5, 0.6) is 0 Å². The lowest BCUT2D eigenvalue weighted by atomic mass is 10.1. The maximum Gasteiger partial charge on any atom is 0.261 e. The third-order valence-electron chi connectivity index (χ3n) is 7.66. The number of aromatic amines is 2. The van der Waals surface area contributed by atoms with E-state index < -0.39 is 29.1 Å². The summed E-state index contributed by atoms with van der Waals surface area (Å²) in [7, 11) is 0. The molecule has 0 saturated carbocycles. The van der Waals surface area contributed by atoms with Gasteiger partial charge in [0.05, 0.1) is 16.7 Å². The van der Waals surface area contributed by atoms with Crippen molar-refractivity contribution in [1.82, 2.24) is 24.8 Å². The third-order valence-corrected chi connectivity index (χ3v) is 7.66. The first kappa shape index (κ1) is 26.1. The van der Waals surface area contributed by atoms with Crippen LogP contribution < -0.4 is 10.9 Å². The van der Waals surface area contributed by atoms with Crippen molar-refractivity contribution in [1.29, 1.82) is 0 Å². The molecular weight excluding hydrogens is 521 g/mol. The predicted molar refractivity (Wildman–Crippen MR) is 146 cm³/mol. The van der Waals surface area contributed by atoms with Gasteiger partial charge in [-0.2, -0.15) is 0 Å². The van der Waals surface area contributed by atoms with Crippen molar-refractivity contribution in [2.45, 2.75) is 38.8 Å². The molecule has 6 rings (SSSR count). The van der Waals surface area contributed by atoms with Crippen LogP contribution in [0.2, 0.25) is 0 Å². The molecule has 40 heavy (non-hydrogen) atoms. The molecule has 0 radical (unpaired) electrons. The SMILES string of the molecule is CC(Cc1cc(F)cc(F)c1F)Nc1cc[nH]c(=O)c1-c1nc2cc3c(cc2[nH]1)CN(CCN1CCCC1)C3=O. The largest absolute Gasteiger partial charge is 0.381 e. The van der Waals surface area contributed by atoms with E-state index in [1.807, 2.05) is 11.0 Å². The van der Waals surface area contributed by atoms with Gasteiger partial charge in [0, 0.05) is 43.5 Å². The summed E-state index contributed by atoms with van der Waals surface area (Å²) in [4.78, 5) is 40.7. The number of hydrogen-bond acceptors (Lipinski definition) is 5. The maximum absolute atomic E-state index is 14.2. The Morgan fingerprint density at radius 2 is 1.88 bits per heavy atom. The van der Waals surface area contributed by atoms with Gasteiger partial charge in [-0.05, 0) is 74.7 Å². The molecule has 3 N–H and O–H groups in total. The average molecular weight is 551 g/mol. The van der Waals surface area contributed by atoms with E-state index in [-0.39, 0.29) is 23.5 Å². The zero-order chi connectivity index (χ0) is 28.0. The summed E-state index contributed by atoms with van der Waals surface area (Å²) in [6.45, 7) is 5.96. The lowest BCUT2D eigenvalue weighted by Crippen LogP contribution is -2.33. The summed E-state index contributed by atoms with van der Waals surface area (Å²) in [5.41, 5.74) is 2.92. The fourth-order valence-corrected chi connectivity index (χ4v) is 5.68. The fourth-order valence-electron chi connectivity index (χ4n) is 5.68. The van der Waals surface area contributed by atoms with Crippen LogP contribution in [0.3, 0.4) is 0 Å². The number of hydrogen-bond donors (Lipinski definition) is 3. The molecule has 1 saturated heterocycles. The van der Waals surface area contributed by atoms with Crippen molar-refractivity contribution in [2.24, 2.45) is 0 Å². The number of carbonyl (C=O) groups is 1. The van der Waals surface area contributed by atoms with E-state index in [9.17, 15) is 22.8 Å². The summed E-state index contributed by atoms with van der Waals surface area (Å²) in [6, 6.07) is 6.30. The number of likely N-dealkylation sites (tertiary alicyclic amines) is 1. The Bertz CT molecular complexity index is 1660. The van der Waals surface area contributed by atoms with E-state index in [2.05, 4.69) is 25.2 Å². The Kier molecular flexibility index (Phi) is 6.83. The smallest absolute Gasteiger partial charge is 0.261 e. The van der Waals surface area contributed by atoms with Crippen LogP contribution in [-0.2, 0) is 13.0 Å². The van der Waals surface area contributed by atoms with Crippen LogP contribution in [0.25, 0.3) is 22.4 Å². The predicted octanol–water partition coefficient (Wildman–Crippen LogP) is 4.43. The van der Waals surface area contributed by atoms with Crippen molar-refractivity contribution in [3.63, 3.8) is 0 Å². The van der Waals surface area contributed by atoms with Crippen molar-refractivity contribution in [2.75, 3.05) is 31.5 Å². The Morgan fingerprint density at radius 1 is 1.07 bits per heavy atom. The van der Waals surface area contributed by atoms with Crippen LogP contribution in [0, 0.1) is 17.5 Å². The standard InChI is InChI=1S/C29H29F3N6O2/c1-16(10-17-11-19(30)13-21(31)26(17)32)34-22-4-5-33-28(39)25(22)27-35-23-12-18-15-38(9-8-37-6-2-3-7-37)29(40)20(18)14-24(23)36-27/h4-5,11-14,16H,2-3,6-10,15H2,1H3,(H,35,36)(H2,33,34,39). The van der Waals surface area contributed by atoms with E-state index in [1.165, 1.54) is 19.0 Å². The van der Waals surface area contributed by atoms with Gasteiger partial charge in [-0.15, -0.1) is 0 Å². The number of amides is 1. The Morgan fingerprint density at radius 3 is 2.67 bits per heavy atom. The van der Waals surface area contributed by atoms with Crippen LogP contribution in [-0.4, -0.2) is 62.9 Å². The number of benzene rings is 2. The van der Waals surface area contributed by atoms with E-state index in [0.717, 1.165) is 31.3 Å². The summed E-state index contributed by atoms with van der Waals surface area (Å²) in [6.07, 6.45) is 3.86. The van der Waals surface area contributed by atoms with Gasteiger partial charge in [0.15, 0.2) is 11.6 Å². The first-order chi connectivity index (χ1) is 19.3. The van der Waals surface area contributed by atoms with Crippen molar-refractivity contribution < 1.29 is 18.0 Å². The first-order valence-electron chi connectivity index (χ1n) is 13.4. The molecule has 1 unspecified atom stereocenters. The van der Waals surface area contributed by atoms with Gasteiger partial charge in [-0.1, -0.05) is 0 Å². The quantitative estimate of drug-likeness (QED) is 0.282. The highest BCUT2D eigenvalue weighted by molar-refractivity contribution is 6.02. The molecule has 2 aliphatic rings.